The number of amides is 2. The topological polar surface area (TPSA) is 78.9 Å². The van der Waals surface area contributed by atoms with Crippen molar-refractivity contribution in [3.63, 3.8) is 0 Å². The van der Waals surface area contributed by atoms with Crippen LogP contribution in [0.3, 0.4) is 0 Å². The first-order valence-electron chi connectivity index (χ1n) is 6.66. The van der Waals surface area contributed by atoms with Crippen LogP contribution >= 0.6 is 0 Å². The van der Waals surface area contributed by atoms with Crippen LogP contribution in [0.5, 0.6) is 0 Å². The van der Waals surface area contributed by atoms with Crippen LogP contribution in [0, 0.1) is 11.8 Å². The van der Waals surface area contributed by atoms with E-state index in [9.17, 15) is 14.7 Å². The van der Waals surface area contributed by atoms with Crippen molar-refractivity contribution < 1.29 is 19.4 Å². The van der Waals surface area contributed by atoms with Crippen LogP contribution in [0.1, 0.15) is 27.2 Å². The van der Waals surface area contributed by atoms with Gasteiger partial charge in [-0.2, -0.15) is 0 Å². The standard InChI is InChI=1S/C13H24N2O4/c1-8(2)12(17)14-11-5-10(9(3)16)6-15(7-11)13(18)19-4/h8-11,16H,5-7H2,1-4H3,(H,14,17). The predicted molar refractivity (Wildman–Crippen MR) is 70.5 cm³/mol. The van der Waals surface area contributed by atoms with Crippen molar-refractivity contribution in [2.75, 3.05) is 20.2 Å². The molecule has 6 nitrogen and oxygen atoms in total. The van der Waals surface area contributed by atoms with Crippen molar-refractivity contribution in [3.05, 3.63) is 0 Å². The average molecular weight is 272 g/mol. The Kier molecular flexibility index (Phi) is 5.60. The van der Waals surface area contributed by atoms with Gasteiger partial charge in [0.25, 0.3) is 0 Å². The minimum absolute atomic E-state index is 0.0407. The van der Waals surface area contributed by atoms with Gasteiger partial charge < -0.3 is 20.1 Å². The molecule has 0 radical (unpaired) electrons. The summed E-state index contributed by atoms with van der Waals surface area (Å²) in [6, 6.07) is -0.137. The van der Waals surface area contributed by atoms with E-state index in [1.54, 1.807) is 6.92 Å². The molecule has 0 spiro atoms. The zero-order valence-corrected chi connectivity index (χ0v) is 12.0. The van der Waals surface area contributed by atoms with Crippen molar-refractivity contribution in [2.45, 2.75) is 39.3 Å². The summed E-state index contributed by atoms with van der Waals surface area (Å²) < 4.78 is 4.71. The number of aliphatic hydroxyl groups is 1. The highest BCUT2D eigenvalue weighted by atomic mass is 16.5. The van der Waals surface area contributed by atoms with Crippen molar-refractivity contribution in [2.24, 2.45) is 11.8 Å². The van der Waals surface area contributed by atoms with Gasteiger partial charge in [-0.3, -0.25) is 4.79 Å². The van der Waals surface area contributed by atoms with Gasteiger partial charge in [-0.1, -0.05) is 13.8 Å². The molecule has 6 heteroatoms. The highest BCUT2D eigenvalue weighted by Crippen LogP contribution is 2.21. The van der Waals surface area contributed by atoms with Crippen LogP contribution in [-0.4, -0.2) is 54.4 Å². The summed E-state index contributed by atoms with van der Waals surface area (Å²) in [6.45, 7) is 6.23. The Morgan fingerprint density at radius 1 is 1.32 bits per heavy atom. The van der Waals surface area contributed by atoms with Crippen LogP contribution in [0.4, 0.5) is 4.79 Å². The molecule has 110 valence electrons. The number of rotatable bonds is 3. The predicted octanol–water partition coefficient (Wildman–Crippen LogP) is 0.596. The molecule has 1 fully saturated rings. The molecular weight excluding hydrogens is 248 g/mol. The molecule has 2 N–H and O–H groups in total. The lowest BCUT2D eigenvalue weighted by molar-refractivity contribution is -0.125. The normalized spacial score (nSPS) is 25.1. The molecule has 0 aromatic carbocycles. The van der Waals surface area contributed by atoms with Gasteiger partial charge in [0.2, 0.25) is 5.91 Å². The maximum atomic E-state index is 11.7. The molecule has 3 atom stereocenters. The van der Waals surface area contributed by atoms with Gasteiger partial charge in [-0.15, -0.1) is 0 Å². The second kappa shape index (κ2) is 6.75. The fraction of sp³-hybridized carbons (Fsp3) is 0.846. The largest absolute Gasteiger partial charge is 0.453 e. The quantitative estimate of drug-likeness (QED) is 0.788. The van der Waals surface area contributed by atoms with Crippen molar-refractivity contribution in [3.8, 4) is 0 Å². The highest BCUT2D eigenvalue weighted by Gasteiger charge is 2.33. The zero-order valence-electron chi connectivity index (χ0n) is 12.0. The Morgan fingerprint density at radius 3 is 2.42 bits per heavy atom. The molecule has 0 aliphatic carbocycles. The molecule has 0 bridgehead atoms. The number of nitrogens with one attached hydrogen (secondary N) is 1. The lowest BCUT2D eigenvalue weighted by atomic mass is 9.90. The van der Waals surface area contributed by atoms with E-state index in [1.165, 1.54) is 12.0 Å². The van der Waals surface area contributed by atoms with Crippen LogP contribution < -0.4 is 5.32 Å². The average Bonchev–Trinajstić information content (AvgIpc) is 2.37. The third-order valence-electron chi connectivity index (χ3n) is 3.47. The number of nitrogens with zero attached hydrogens (tertiary/aromatic N) is 1. The van der Waals surface area contributed by atoms with Gasteiger partial charge in [0, 0.05) is 31.0 Å². The molecule has 1 rings (SSSR count). The van der Waals surface area contributed by atoms with E-state index < -0.39 is 12.2 Å². The summed E-state index contributed by atoms with van der Waals surface area (Å²) in [5.74, 6) is -0.190. The first-order chi connectivity index (χ1) is 8.85. The summed E-state index contributed by atoms with van der Waals surface area (Å²) in [4.78, 5) is 24.9. The Labute approximate surface area is 114 Å². The van der Waals surface area contributed by atoms with Crippen LogP contribution in [0.25, 0.3) is 0 Å². The number of carbonyl (C=O) groups is 2. The van der Waals surface area contributed by atoms with Crippen LogP contribution in [0.15, 0.2) is 0 Å². The highest BCUT2D eigenvalue weighted by molar-refractivity contribution is 5.78. The number of likely N-dealkylation sites (tertiary alicyclic amines) is 1. The van der Waals surface area contributed by atoms with E-state index in [4.69, 9.17) is 4.74 Å². The number of carbonyl (C=O) groups excluding carboxylic acids is 2. The number of aliphatic hydroxyl groups excluding tert-OH is 1. The SMILES string of the molecule is COC(=O)N1CC(NC(=O)C(C)C)CC(C(C)O)C1. The number of ether oxygens (including phenoxy) is 1. The molecule has 1 aliphatic heterocycles. The van der Waals surface area contributed by atoms with E-state index in [1.807, 2.05) is 13.8 Å². The summed E-state index contributed by atoms with van der Waals surface area (Å²) in [6.07, 6.45) is -0.274. The third kappa shape index (κ3) is 4.38. The van der Waals surface area contributed by atoms with Crippen molar-refractivity contribution in [1.29, 1.82) is 0 Å². The Bertz CT molecular complexity index is 331. The maximum absolute atomic E-state index is 11.7. The first-order valence-corrected chi connectivity index (χ1v) is 6.66. The minimum atomic E-state index is -0.522. The molecule has 19 heavy (non-hydrogen) atoms. The molecule has 1 aliphatic rings. The molecular formula is C13H24N2O4. The van der Waals surface area contributed by atoms with E-state index in [2.05, 4.69) is 5.32 Å². The van der Waals surface area contributed by atoms with Gasteiger partial charge in [-0.25, -0.2) is 4.79 Å². The fourth-order valence-electron chi connectivity index (χ4n) is 2.24. The maximum Gasteiger partial charge on any atom is 0.409 e. The number of piperidine rings is 1. The molecule has 3 unspecified atom stereocenters. The van der Waals surface area contributed by atoms with E-state index >= 15 is 0 Å². The first kappa shape index (κ1) is 15.8. The monoisotopic (exact) mass is 272 g/mol. The van der Waals surface area contributed by atoms with Gasteiger partial charge >= 0.3 is 6.09 Å². The summed E-state index contributed by atoms with van der Waals surface area (Å²) in [5.41, 5.74) is 0. The Balaban J connectivity index is 2.70. The lowest BCUT2D eigenvalue weighted by Crippen LogP contribution is -2.54. The second-order valence-corrected chi connectivity index (χ2v) is 5.47. The van der Waals surface area contributed by atoms with E-state index in [0.717, 1.165) is 0 Å². The minimum Gasteiger partial charge on any atom is -0.453 e. The Hall–Kier alpha value is -1.30. The fourth-order valence-corrected chi connectivity index (χ4v) is 2.24. The summed E-state index contributed by atoms with van der Waals surface area (Å²) in [7, 11) is 1.33. The smallest absolute Gasteiger partial charge is 0.409 e. The third-order valence-corrected chi connectivity index (χ3v) is 3.47. The Morgan fingerprint density at radius 2 is 1.95 bits per heavy atom. The molecule has 0 saturated carbocycles. The molecule has 1 heterocycles. The number of hydrogen-bond acceptors (Lipinski definition) is 4. The van der Waals surface area contributed by atoms with E-state index in [0.29, 0.717) is 19.5 Å². The van der Waals surface area contributed by atoms with Gasteiger partial charge in [0.05, 0.1) is 13.2 Å². The van der Waals surface area contributed by atoms with Crippen LogP contribution in [0.2, 0.25) is 0 Å². The lowest BCUT2D eigenvalue weighted by Gasteiger charge is -2.38. The van der Waals surface area contributed by atoms with Crippen LogP contribution in [-0.2, 0) is 9.53 Å². The molecule has 0 aromatic heterocycles. The zero-order chi connectivity index (χ0) is 14.6. The number of methoxy groups -OCH3 is 1. The van der Waals surface area contributed by atoms with Gasteiger partial charge in [0.1, 0.15) is 0 Å². The van der Waals surface area contributed by atoms with Crippen molar-refractivity contribution >= 4 is 12.0 Å². The summed E-state index contributed by atoms with van der Waals surface area (Å²) in [5, 5.41) is 12.6. The summed E-state index contributed by atoms with van der Waals surface area (Å²) >= 11 is 0. The van der Waals surface area contributed by atoms with E-state index in [-0.39, 0.29) is 23.8 Å². The molecule has 0 aromatic rings. The second-order valence-electron chi connectivity index (χ2n) is 5.47. The van der Waals surface area contributed by atoms with Crippen molar-refractivity contribution in [1.82, 2.24) is 10.2 Å². The molecule has 1 saturated heterocycles. The van der Waals surface area contributed by atoms with Gasteiger partial charge in [0.15, 0.2) is 0 Å². The molecule has 2 amide bonds. The number of hydrogen-bond donors (Lipinski definition) is 2. The van der Waals surface area contributed by atoms with Gasteiger partial charge in [-0.05, 0) is 13.3 Å².